The van der Waals surface area contributed by atoms with Gasteiger partial charge < -0.3 is 20.0 Å². The average molecular weight is 521 g/mol. The second-order valence-corrected chi connectivity index (χ2v) is 10.9. The van der Waals surface area contributed by atoms with Crippen LogP contribution < -0.4 is 25.6 Å². The lowest BCUT2D eigenvalue weighted by atomic mass is 10.1. The molecule has 1 amide bonds. The second-order valence-electron chi connectivity index (χ2n) is 10.9. The first kappa shape index (κ1) is 24.4. The van der Waals surface area contributed by atoms with Crippen LogP contribution in [0.15, 0.2) is 47.3 Å². The van der Waals surface area contributed by atoms with Crippen molar-refractivity contribution in [3.05, 3.63) is 70.1 Å². The van der Waals surface area contributed by atoms with Crippen LogP contribution in [0.3, 0.4) is 0 Å². The van der Waals surface area contributed by atoms with Gasteiger partial charge in [0, 0.05) is 33.3 Å². The minimum Gasteiger partial charge on any atom is -0.368 e. The third kappa shape index (κ3) is 3.81. The number of hydrogen-bond acceptors (Lipinski definition) is 6. The fourth-order valence-corrected chi connectivity index (χ4v) is 6.20. The molecule has 3 aliphatic rings. The molecule has 2 fully saturated rings. The molecular weight excluding hydrogens is 490 g/mol. The maximum atomic E-state index is 14.4. The number of hydrogen-bond donors (Lipinski definition) is 1. The first-order chi connectivity index (χ1) is 18.2. The molecule has 6 rings (SSSR count). The Morgan fingerprint density at radius 2 is 1.63 bits per heavy atom. The number of piperidine rings is 1. The largest absolute Gasteiger partial charge is 0.368 e. The number of benzene rings is 2. The van der Waals surface area contributed by atoms with E-state index in [0.29, 0.717) is 28.1 Å². The molecular formula is C28H30F2N6O2. The summed E-state index contributed by atoms with van der Waals surface area (Å²) in [6.07, 6.45) is 1.42. The summed E-state index contributed by atoms with van der Waals surface area (Å²) in [7, 11) is 4.17. The van der Waals surface area contributed by atoms with E-state index in [2.05, 4.69) is 53.1 Å². The molecule has 198 valence electrons. The van der Waals surface area contributed by atoms with Gasteiger partial charge in [0.05, 0.1) is 22.7 Å². The quantitative estimate of drug-likeness (QED) is 0.547. The number of carbonyl (C=O) groups excluding carboxylic acids is 1. The predicted molar refractivity (Wildman–Crippen MR) is 143 cm³/mol. The van der Waals surface area contributed by atoms with E-state index in [0.717, 1.165) is 48.4 Å². The molecule has 1 saturated carbocycles. The Hall–Kier alpha value is -3.95. The van der Waals surface area contributed by atoms with Crippen LogP contribution in [0.4, 0.5) is 31.5 Å². The monoisotopic (exact) mass is 520 g/mol. The van der Waals surface area contributed by atoms with Gasteiger partial charge in [0.2, 0.25) is 0 Å². The van der Waals surface area contributed by atoms with Crippen LogP contribution in [0.5, 0.6) is 0 Å². The third-order valence-electron chi connectivity index (χ3n) is 7.98. The van der Waals surface area contributed by atoms with Crippen molar-refractivity contribution in [2.75, 3.05) is 47.2 Å². The molecule has 38 heavy (non-hydrogen) atoms. The molecule has 2 aromatic carbocycles. The highest BCUT2D eigenvalue weighted by Gasteiger charge is 2.47. The predicted octanol–water partition coefficient (Wildman–Crippen LogP) is 4.09. The number of aromatic nitrogens is 2. The molecule has 3 heterocycles. The van der Waals surface area contributed by atoms with Gasteiger partial charge >= 0.3 is 0 Å². The number of nitrogens with one attached hydrogen (secondary N) is 1. The molecule has 2 aliphatic heterocycles. The summed E-state index contributed by atoms with van der Waals surface area (Å²) in [5.41, 5.74) is 2.27. The maximum Gasteiger partial charge on any atom is 0.276 e. The first-order valence-corrected chi connectivity index (χ1v) is 12.9. The van der Waals surface area contributed by atoms with Crippen molar-refractivity contribution in [1.29, 1.82) is 0 Å². The minimum atomic E-state index is -0.947. The number of halogens is 2. The Kier molecular flexibility index (Phi) is 5.66. The molecule has 3 atom stereocenters. The van der Waals surface area contributed by atoms with Gasteiger partial charge in [-0.1, -0.05) is 19.9 Å². The highest BCUT2D eigenvalue weighted by molar-refractivity contribution is 6.07. The van der Waals surface area contributed by atoms with E-state index in [1.165, 1.54) is 18.6 Å². The summed E-state index contributed by atoms with van der Waals surface area (Å²) in [6.45, 7) is 6.25. The van der Waals surface area contributed by atoms with Gasteiger partial charge in [0.25, 0.3) is 11.5 Å². The Morgan fingerprint density at radius 3 is 2.29 bits per heavy atom. The van der Waals surface area contributed by atoms with E-state index in [-0.39, 0.29) is 11.9 Å². The summed E-state index contributed by atoms with van der Waals surface area (Å²) in [5, 5.41) is 7.00. The van der Waals surface area contributed by atoms with Crippen LogP contribution in [0, 0.1) is 29.4 Å². The molecule has 0 bridgehead atoms. The Labute approximate surface area is 219 Å². The zero-order chi connectivity index (χ0) is 26.9. The van der Waals surface area contributed by atoms with Crippen LogP contribution in [-0.4, -0.2) is 49.0 Å². The Balaban J connectivity index is 1.39. The van der Waals surface area contributed by atoms with Gasteiger partial charge in [-0.3, -0.25) is 9.59 Å². The van der Waals surface area contributed by atoms with Crippen molar-refractivity contribution < 1.29 is 13.6 Å². The van der Waals surface area contributed by atoms with Crippen molar-refractivity contribution >= 4 is 28.7 Å². The number of rotatable bonds is 5. The number of anilines is 4. The minimum absolute atomic E-state index is 0.131. The number of fused-ring (bicyclic) bond motifs is 2. The number of carbonyl (C=O) groups is 1. The number of amides is 1. The molecule has 1 aromatic heterocycles. The molecule has 10 heteroatoms. The van der Waals surface area contributed by atoms with Crippen molar-refractivity contribution in [1.82, 2.24) is 9.78 Å². The van der Waals surface area contributed by atoms with E-state index in [9.17, 15) is 18.4 Å². The first-order valence-electron chi connectivity index (χ1n) is 12.9. The smallest absolute Gasteiger partial charge is 0.276 e. The van der Waals surface area contributed by atoms with Crippen molar-refractivity contribution in [3.63, 3.8) is 0 Å². The van der Waals surface area contributed by atoms with Gasteiger partial charge in [0.1, 0.15) is 17.5 Å². The van der Waals surface area contributed by atoms with Gasteiger partial charge in [-0.05, 0) is 54.5 Å². The van der Waals surface area contributed by atoms with E-state index >= 15 is 0 Å². The zero-order valence-electron chi connectivity index (χ0n) is 21.8. The van der Waals surface area contributed by atoms with Crippen molar-refractivity contribution in [2.45, 2.75) is 26.4 Å². The Bertz CT molecular complexity index is 1470. The van der Waals surface area contributed by atoms with Gasteiger partial charge in [-0.2, -0.15) is 9.78 Å². The maximum absolute atomic E-state index is 14.4. The second kappa shape index (κ2) is 8.82. The highest BCUT2D eigenvalue weighted by atomic mass is 19.1. The van der Waals surface area contributed by atoms with Crippen LogP contribution in [0.1, 0.15) is 30.8 Å². The number of nitrogens with zero attached hydrogens (tertiary/aromatic N) is 5. The fourth-order valence-electron chi connectivity index (χ4n) is 6.20. The van der Waals surface area contributed by atoms with E-state index < -0.39 is 28.8 Å². The lowest BCUT2D eigenvalue weighted by Gasteiger charge is -2.32. The lowest BCUT2D eigenvalue weighted by molar-refractivity contribution is 0.102. The van der Waals surface area contributed by atoms with E-state index in [1.807, 2.05) is 12.1 Å². The molecule has 1 aliphatic carbocycles. The van der Waals surface area contributed by atoms with Crippen LogP contribution in [-0.2, 0) is 0 Å². The summed E-state index contributed by atoms with van der Waals surface area (Å²) in [6, 6.07) is 9.53. The van der Waals surface area contributed by atoms with Crippen molar-refractivity contribution in [2.24, 2.45) is 17.8 Å². The van der Waals surface area contributed by atoms with Crippen LogP contribution >= 0.6 is 0 Å². The lowest BCUT2D eigenvalue weighted by Crippen LogP contribution is -2.43. The Morgan fingerprint density at radius 1 is 0.947 bits per heavy atom. The molecule has 3 aromatic rings. The molecule has 0 radical (unpaired) electrons. The van der Waals surface area contributed by atoms with E-state index in [1.54, 1.807) is 0 Å². The standard InChI is InChI=1S/C28H30F2N6O2/c1-15(2)28-33(3)22-10-8-20(25(26(22)34(28)4)35-13-16-12-17(16)14-35)31-27(38)21-9-11-23(37)36(32-21)24-18(29)6-5-7-19(24)30/h5-11,15-17,28H,12-14H2,1-4H3,(H,31,38)/t16-,17+,28?. The van der Waals surface area contributed by atoms with Gasteiger partial charge in [-0.25, -0.2) is 8.78 Å². The topological polar surface area (TPSA) is 73.7 Å². The summed E-state index contributed by atoms with van der Waals surface area (Å²) >= 11 is 0. The third-order valence-corrected chi connectivity index (χ3v) is 7.98. The fraction of sp³-hybridized carbons (Fsp3) is 0.393. The van der Waals surface area contributed by atoms with Crippen LogP contribution in [0.2, 0.25) is 0 Å². The molecule has 1 saturated heterocycles. The van der Waals surface area contributed by atoms with Crippen molar-refractivity contribution in [3.8, 4) is 5.69 Å². The van der Waals surface area contributed by atoms with E-state index in [4.69, 9.17) is 0 Å². The molecule has 8 nitrogen and oxygen atoms in total. The summed E-state index contributed by atoms with van der Waals surface area (Å²) in [4.78, 5) is 32.7. The highest BCUT2D eigenvalue weighted by Crippen LogP contribution is 2.54. The molecule has 1 N–H and O–H groups in total. The van der Waals surface area contributed by atoms with Gasteiger partial charge in [-0.15, -0.1) is 0 Å². The summed E-state index contributed by atoms with van der Waals surface area (Å²) < 4.78 is 29.4. The van der Waals surface area contributed by atoms with Gasteiger partial charge in [0.15, 0.2) is 11.6 Å². The zero-order valence-corrected chi connectivity index (χ0v) is 21.8. The average Bonchev–Trinajstić information content (AvgIpc) is 3.38. The normalized spacial score (nSPS) is 21.7. The van der Waals surface area contributed by atoms with Crippen LogP contribution in [0.25, 0.3) is 5.69 Å². The molecule has 0 spiro atoms. The SMILES string of the molecule is CC(C)C1N(C)c2ccc(NC(=O)c3ccc(=O)n(-c4c(F)cccc4F)n3)c(N3C[C@H]4C[C@H]4C3)c2N1C. The summed E-state index contributed by atoms with van der Waals surface area (Å²) in [5.74, 6) is -0.730. The molecule has 1 unspecified atom stereocenters. The number of para-hydroxylation sites is 1.